The number of carbonyl (C=O) groups is 3. The number of aromatic nitrogens is 4. The Labute approximate surface area is 322 Å². The van der Waals surface area contributed by atoms with E-state index in [4.69, 9.17) is 9.84 Å². The number of anilines is 3. The Balaban J connectivity index is 0.920. The number of ether oxygens (including phenoxy) is 1. The SMILES string of the molecule is CC1(NC(=O)OC(C)(C)C)CCN(c2cnc(Sc3cccc(NC(=O)CCCCCCCCN4CCN(c5ncc(C(=O)O)cn5)CC4)c3)cn2)CC1. The van der Waals surface area contributed by atoms with Crippen molar-refractivity contribution in [3.8, 4) is 0 Å². The number of carboxylic acids is 1. The summed E-state index contributed by atoms with van der Waals surface area (Å²) < 4.78 is 5.45. The number of aromatic carboxylic acids is 1. The summed E-state index contributed by atoms with van der Waals surface area (Å²) in [6.07, 6.45) is 14.5. The molecule has 0 atom stereocenters. The first-order valence-corrected chi connectivity index (χ1v) is 19.8. The van der Waals surface area contributed by atoms with Crippen LogP contribution in [0.15, 0.2) is 59.0 Å². The van der Waals surface area contributed by atoms with Crippen LogP contribution in [0.1, 0.15) is 95.8 Å². The van der Waals surface area contributed by atoms with E-state index in [9.17, 15) is 14.4 Å². The third-order valence-corrected chi connectivity index (χ3v) is 10.5. The zero-order chi connectivity index (χ0) is 38.6. The van der Waals surface area contributed by atoms with E-state index < -0.39 is 11.6 Å². The van der Waals surface area contributed by atoms with Crippen molar-refractivity contribution < 1.29 is 24.2 Å². The van der Waals surface area contributed by atoms with Gasteiger partial charge in [-0.05, 0) is 78.1 Å². The summed E-state index contributed by atoms with van der Waals surface area (Å²) in [5.74, 6) is 0.414. The van der Waals surface area contributed by atoms with Crippen molar-refractivity contribution in [1.29, 1.82) is 0 Å². The Morgan fingerprint density at radius 3 is 2.19 bits per heavy atom. The van der Waals surface area contributed by atoms with Gasteiger partial charge in [0.2, 0.25) is 11.9 Å². The molecule has 0 unspecified atom stereocenters. The summed E-state index contributed by atoms with van der Waals surface area (Å²) in [6.45, 7) is 13.8. The van der Waals surface area contributed by atoms with E-state index in [-0.39, 0.29) is 23.1 Å². The third-order valence-electron chi connectivity index (χ3n) is 9.62. The van der Waals surface area contributed by atoms with Gasteiger partial charge < -0.3 is 30.3 Å². The Bertz CT molecular complexity index is 1670. The number of piperidine rings is 1. The van der Waals surface area contributed by atoms with Crippen LogP contribution in [0.2, 0.25) is 0 Å². The van der Waals surface area contributed by atoms with E-state index in [1.807, 2.05) is 45.0 Å². The molecule has 5 rings (SSSR count). The highest BCUT2D eigenvalue weighted by Gasteiger charge is 2.33. The lowest BCUT2D eigenvalue weighted by atomic mass is 9.90. The second kappa shape index (κ2) is 19.2. The maximum atomic E-state index is 12.7. The fourth-order valence-electron chi connectivity index (χ4n) is 6.51. The van der Waals surface area contributed by atoms with Gasteiger partial charge >= 0.3 is 12.1 Å². The molecule has 2 aliphatic rings. The van der Waals surface area contributed by atoms with Gasteiger partial charge in [0.15, 0.2) is 0 Å². The molecule has 2 fully saturated rings. The van der Waals surface area contributed by atoms with E-state index in [0.717, 1.165) is 106 Å². The zero-order valence-corrected chi connectivity index (χ0v) is 32.9. The first-order valence-electron chi connectivity index (χ1n) is 19.0. The fourth-order valence-corrected chi connectivity index (χ4v) is 7.29. The minimum absolute atomic E-state index is 0.0302. The molecule has 2 amide bonds. The van der Waals surface area contributed by atoms with Gasteiger partial charge in [0.05, 0.1) is 18.0 Å². The monoisotopic (exact) mass is 761 g/mol. The van der Waals surface area contributed by atoms with E-state index in [1.165, 1.54) is 37.0 Å². The Hall–Kier alpha value is -4.50. The molecule has 0 spiro atoms. The van der Waals surface area contributed by atoms with Crippen LogP contribution in [0.3, 0.4) is 0 Å². The molecular weight excluding hydrogens is 707 g/mol. The second-order valence-corrected chi connectivity index (χ2v) is 16.4. The molecule has 4 heterocycles. The first kappa shape index (κ1) is 40.7. The first-order chi connectivity index (χ1) is 25.8. The van der Waals surface area contributed by atoms with E-state index in [1.54, 1.807) is 12.4 Å². The molecule has 15 heteroatoms. The van der Waals surface area contributed by atoms with Crippen molar-refractivity contribution in [2.75, 3.05) is 60.9 Å². The predicted molar refractivity (Wildman–Crippen MR) is 210 cm³/mol. The van der Waals surface area contributed by atoms with E-state index in [2.05, 4.69) is 52.2 Å². The number of piperazine rings is 1. The number of carbonyl (C=O) groups excluding carboxylic acids is 2. The molecule has 14 nitrogen and oxygen atoms in total. The van der Waals surface area contributed by atoms with Crippen LogP contribution in [-0.2, 0) is 9.53 Å². The number of amides is 2. The van der Waals surface area contributed by atoms with Crippen molar-refractivity contribution in [3.63, 3.8) is 0 Å². The van der Waals surface area contributed by atoms with E-state index >= 15 is 0 Å². The number of unbranched alkanes of at least 4 members (excludes halogenated alkanes) is 5. The molecule has 0 saturated carbocycles. The highest BCUT2D eigenvalue weighted by atomic mass is 32.2. The summed E-state index contributed by atoms with van der Waals surface area (Å²) in [6, 6.07) is 7.81. The van der Waals surface area contributed by atoms with Crippen LogP contribution in [0.25, 0.3) is 0 Å². The lowest BCUT2D eigenvalue weighted by Gasteiger charge is -2.40. The smallest absolute Gasteiger partial charge is 0.408 e. The maximum Gasteiger partial charge on any atom is 0.408 e. The van der Waals surface area contributed by atoms with Gasteiger partial charge in [0.25, 0.3) is 0 Å². The molecule has 0 radical (unpaired) electrons. The van der Waals surface area contributed by atoms with Gasteiger partial charge in [-0.15, -0.1) is 0 Å². The average molecular weight is 762 g/mol. The lowest BCUT2D eigenvalue weighted by molar-refractivity contribution is -0.116. The molecule has 3 N–H and O–H groups in total. The van der Waals surface area contributed by atoms with Crippen molar-refractivity contribution in [2.24, 2.45) is 0 Å². The summed E-state index contributed by atoms with van der Waals surface area (Å²) in [4.78, 5) is 61.5. The highest BCUT2D eigenvalue weighted by Crippen LogP contribution is 2.30. The van der Waals surface area contributed by atoms with Crippen LogP contribution in [-0.4, -0.2) is 105 Å². The summed E-state index contributed by atoms with van der Waals surface area (Å²) in [5.41, 5.74) is 0.0139. The molecule has 1 aromatic carbocycles. The normalized spacial score (nSPS) is 16.1. The molecule has 0 aliphatic carbocycles. The van der Waals surface area contributed by atoms with Gasteiger partial charge in [0, 0.05) is 74.2 Å². The average Bonchev–Trinajstić information content (AvgIpc) is 3.13. The minimum atomic E-state index is -1.02. The van der Waals surface area contributed by atoms with Gasteiger partial charge in [-0.1, -0.05) is 43.5 Å². The third kappa shape index (κ3) is 13.1. The van der Waals surface area contributed by atoms with Crippen LogP contribution in [0.5, 0.6) is 0 Å². The largest absolute Gasteiger partial charge is 0.478 e. The van der Waals surface area contributed by atoms with Gasteiger partial charge in [0.1, 0.15) is 16.4 Å². The number of hydrogen-bond acceptors (Lipinski definition) is 12. The zero-order valence-electron chi connectivity index (χ0n) is 32.1. The number of alkyl carbamates (subject to hydrolysis) is 1. The number of rotatable bonds is 16. The van der Waals surface area contributed by atoms with Crippen LogP contribution in [0.4, 0.5) is 22.2 Å². The highest BCUT2D eigenvalue weighted by molar-refractivity contribution is 7.99. The van der Waals surface area contributed by atoms with Crippen molar-refractivity contribution in [1.82, 2.24) is 30.2 Å². The number of carboxylic acid groups (broad SMARTS) is 1. The Kier molecular flexibility index (Phi) is 14.5. The number of benzene rings is 1. The Morgan fingerprint density at radius 1 is 0.852 bits per heavy atom. The minimum Gasteiger partial charge on any atom is -0.478 e. The lowest BCUT2D eigenvalue weighted by Crippen LogP contribution is -2.54. The van der Waals surface area contributed by atoms with Gasteiger partial charge in [-0.2, -0.15) is 0 Å². The summed E-state index contributed by atoms with van der Waals surface area (Å²) in [7, 11) is 0. The molecule has 2 aromatic heterocycles. The van der Waals surface area contributed by atoms with Crippen LogP contribution < -0.4 is 20.4 Å². The van der Waals surface area contributed by atoms with Crippen LogP contribution >= 0.6 is 11.8 Å². The maximum absolute atomic E-state index is 12.7. The number of nitrogens with one attached hydrogen (secondary N) is 2. The molecule has 2 aliphatic heterocycles. The molecular formula is C39H55N9O5S. The summed E-state index contributed by atoms with van der Waals surface area (Å²) in [5, 5.41) is 15.9. The quantitative estimate of drug-likeness (QED) is 0.136. The van der Waals surface area contributed by atoms with Gasteiger partial charge in [-0.25, -0.2) is 29.5 Å². The van der Waals surface area contributed by atoms with Gasteiger partial charge in [-0.3, -0.25) is 9.69 Å². The topological polar surface area (TPSA) is 166 Å². The number of hydrogen-bond donors (Lipinski definition) is 3. The fraction of sp³-hybridized carbons (Fsp3) is 0.564. The molecule has 0 bridgehead atoms. The molecule has 54 heavy (non-hydrogen) atoms. The van der Waals surface area contributed by atoms with Crippen molar-refractivity contribution in [2.45, 2.75) is 107 Å². The summed E-state index contributed by atoms with van der Waals surface area (Å²) >= 11 is 1.50. The number of nitrogens with zero attached hydrogens (tertiary/aromatic N) is 7. The predicted octanol–water partition coefficient (Wildman–Crippen LogP) is 6.49. The van der Waals surface area contributed by atoms with Crippen molar-refractivity contribution in [3.05, 3.63) is 54.6 Å². The van der Waals surface area contributed by atoms with Crippen LogP contribution in [0, 0.1) is 0 Å². The molecule has 292 valence electrons. The standard InChI is InChI=1S/C39H55N9O5S/c1-38(2,3)53-37(52)45-39(4)15-18-47(19-16-39)32-27-41-34(28-40-32)54-31-13-11-12-30(24-31)44-33(49)14-9-7-5-6-8-10-17-46-20-22-48(23-21-46)36-42-25-29(26-43-36)35(50)51/h11-13,24-28H,5-10,14-23H2,1-4H3,(H,44,49)(H,45,52)(H,50,51). The van der Waals surface area contributed by atoms with E-state index in [0.29, 0.717) is 12.4 Å². The second-order valence-electron chi connectivity index (χ2n) is 15.3. The van der Waals surface area contributed by atoms with Crippen molar-refractivity contribution >= 4 is 47.2 Å². The Morgan fingerprint density at radius 2 is 1.54 bits per heavy atom. The molecule has 2 saturated heterocycles. The molecule has 3 aromatic rings.